The number of nitrogens with one attached hydrogen (secondary N) is 1. The SMILES string of the molecule is O=S1(=O)CCCN(C2CC2)c2ccccc2N1. The monoisotopic (exact) mass is 252 g/mol. The Morgan fingerprint density at radius 1 is 1.24 bits per heavy atom. The summed E-state index contributed by atoms with van der Waals surface area (Å²) >= 11 is 0. The molecule has 1 saturated carbocycles. The molecule has 0 saturated heterocycles. The molecule has 1 heterocycles. The van der Waals surface area contributed by atoms with Crippen LogP contribution in [0.3, 0.4) is 0 Å². The Hall–Kier alpha value is -1.23. The number of fused-ring (bicyclic) bond motifs is 1. The molecule has 0 bridgehead atoms. The summed E-state index contributed by atoms with van der Waals surface area (Å²) in [6.07, 6.45) is 3.14. The van der Waals surface area contributed by atoms with Crippen LogP contribution in [0.2, 0.25) is 0 Å². The van der Waals surface area contributed by atoms with Crippen LogP contribution < -0.4 is 9.62 Å². The van der Waals surface area contributed by atoms with Crippen LogP contribution in [0.25, 0.3) is 0 Å². The van der Waals surface area contributed by atoms with Crippen LogP contribution in [0, 0.1) is 0 Å². The van der Waals surface area contributed by atoms with Crippen LogP contribution in [0.1, 0.15) is 19.3 Å². The molecule has 1 N–H and O–H groups in total. The van der Waals surface area contributed by atoms with Crippen molar-refractivity contribution in [1.29, 1.82) is 0 Å². The molecular weight excluding hydrogens is 236 g/mol. The van der Waals surface area contributed by atoms with E-state index >= 15 is 0 Å². The average molecular weight is 252 g/mol. The summed E-state index contributed by atoms with van der Waals surface area (Å²) in [5.74, 6) is 0.213. The van der Waals surface area contributed by atoms with Crippen LogP contribution >= 0.6 is 0 Å². The molecule has 2 aliphatic rings. The molecule has 0 unspecified atom stereocenters. The molecule has 17 heavy (non-hydrogen) atoms. The molecule has 4 nitrogen and oxygen atoms in total. The van der Waals surface area contributed by atoms with Crippen molar-refractivity contribution in [1.82, 2.24) is 0 Å². The second-order valence-electron chi connectivity index (χ2n) is 4.72. The molecule has 0 spiro atoms. The lowest BCUT2D eigenvalue weighted by atomic mass is 10.2. The van der Waals surface area contributed by atoms with Gasteiger partial charge >= 0.3 is 0 Å². The summed E-state index contributed by atoms with van der Waals surface area (Å²) in [6, 6.07) is 8.28. The largest absolute Gasteiger partial charge is 0.367 e. The first kappa shape index (κ1) is 10.9. The molecule has 1 fully saturated rings. The molecule has 1 aromatic rings. The highest BCUT2D eigenvalue weighted by molar-refractivity contribution is 7.92. The lowest BCUT2D eigenvalue weighted by molar-refractivity contribution is 0.596. The Labute approximate surface area is 102 Å². The maximum Gasteiger partial charge on any atom is 0.232 e. The molecule has 1 aromatic carbocycles. The van der Waals surface area contributed by atoms with Gasteiger partial charge in [-0.05, 0) is 31.4 Å². The first-order valence-electron chi connectivity index (χ1n) is 6.02. The number of anilines is 2. The highest BCUT2D eigenvalue weighted by Crippen LogP contribution is 2.37. The van der Waals surface area contributed by atoms with Crippen LogP contribution in [0.4, 0.5) is 11.4 Å². The maximum atomic E-state index is 11.7. The zero-order chi connectivity index (χ0) is 11.9. The molecule has 0 radical (unpaired) electrons. The quantitative estimate of drug-likeness (QED) is 0.829. The Morgan fingerprint density at radius 3 is 2.76 bits per heavy atom. The number of para-hydroxylation sites is 2. The van der Waals surface area contributed by atoms with Crippen molar-refractivity contribution in [2.24, 2.45) is 0 Å². The summed E-state index contributed by atoms with van der Waals surface area (Å²) in [5, 5.41) is 0. The summed E-state index contributed by atoms with van der Waals surface area (Å²) in [6.45, 7) is 0.836. The third-order valence-electron chi connectivity index (χ3n) is 3.28. The Bertz CT molecular complexity index is 523. The topological polar surface area (TPSA) is 49.4 Å². The summed E-state index contributed by atoms with van der Waals surface area (Å²) in [7, 11) is -3.16. The smallest absolute Gasteiger partial charge is 0.232 e. The second-order valence-corrected chi connectivity index (χ2v) is 6.56. The lowest BCUT2D eigenvalue weighted by Gasteiger charge is -2.29. The minimum Gasteiger partial charge on any atom is -0.367 e. The van der Waals surface area contributed by atoms with Crippen molar-refractivity contribution in [2.75, 3.05) is 21.9 Å². The van der Waals surface area contributed by atoms with Gasteiger partial charge < -0.3 is 4.90 Å². The van der Waals surface area contributed by atoms with Crippen molar-refractivity contribution in [3.63, 3.8) is 0 Å². The predicted octanol–water partition coefficient (Wildman–Crippen LogP) is 1.80. The third-order valence-corrected chi connectivity index (χ3v) is 4.64. The van der Waals surface area contributed by atoms with Gasteiger partial charge in [0.15, 0.2) is 0 Å². The van der Waals surface area contributed by atoms with Crippen LogP contribution in [0.15, 0.2) is 24.3 Å². The van der Waals surface area contributed by atoms with Gasteiger partial charge in [-0.1, -0.05) is 12.1 Å². The average Bonchev–Trinajstić information content (AvgIpc) is 3.07. The minimum atomic E-state index is -3.16. The van der Waals surface area contributed by atoms with Crippen LogP contribution in [-0.4, -0.2) is 26.8 Å². The number of benzene rings is 1. The Kier molecular flexibility index (Phi) is 2.50. The van der Waals surface area contributed by atoms with Gasteiger partial charge in [0.05, 0.1) is 17.1 Å². The normalized spacial score (nSPS) is 23.2. The van der Waals surface area contributed by atoms with E-state index in [2.05, 4.69) is 9.62 Å². The fourth-order valence-corrected chi connectivity index (χ4v) is 3.46. The highest BCUT2D eigenvalue weighted by Gasteiger charge is 2.32. The first-order chi connectivity index (χ1) is 8.16. The number of rotatable bonds is 1. The zero-order valence-electron chi connectivity index (χ0n) is 9.59. The summed E-state index contributed by atoms with van der Waals surface area (Å²) in [4.78, 5) is 2.34. The fourth-order valence-electron chi connectivity index (χ4n) is 2.34. The lowest BCUT2D eigenvalue weighted by Crippen LogP contribution is -2.32. The number of hydrogen-bond acceptors (Lipinski definition) is 3. The van der Waals surface area contributed by atoms with Gasteiger partial charge in [-0.15, -0.1) is 0 Å². The molecule has 0 atom stereocenters. The van der Waals surface area contributed by atoms with E-state index < -0.39 is 10.0 Å². The summed E-state index contributed by atoms with van der Waals surface area (Å²) in [5.41, 5.74) is 1.75. The van der Waals surface area contributed by atoms with E-state index in [-0.39, 0.29) is 5.75 Å². The van der Waals surface area contributed by atoms with Gasteiger partial charge in [0, 0.05) is 12.6 Å². The van der Waals surface area contributed by atoms with Crippen LogP contribution in [-0.2, 0) is 10.0 Å². The van der Waals surface area contributed by atoms with E-state index in [1.54, 1.807) is 0 Å². The molecular formula is C12H16N2O2S. The maximum absolute atomic E-state index is 11.7. The van der Waals surface area contributed by atoms with Gasteiger partial charge in [0.1, 0.15) is 0 Å². The van der Waals surface area contributed by atoms with Crippen molar-refractivity contribution in [3.05, 3.63) is 24.3 Å². The number of nitrogens with zero attached hydrogens (tertiary/aromatic N) is 1. The predicted molar refractivity (Wildman–Crippen MR) is 68.8 cm³/mol. The van der Waals surface area contributed by atoms with E-state index in [4.69, 9.17) is 0 Å². The molecule has 0 aromatic heterocycles. The van der Waals surface area contributed by atoms with Crippen molar-refractivity contribution >= 4 is 21.4 Å². The Balaban J connectivity index is 2.03. The zero-order valence-corrected chi connectivity index (χ0v) is 10.4. The second kappa shape index (κ2) is 3.91. The molecule has 1 aliphatic heterocycles. The first-order valence-corrected chi connectivity index (χ1v) is 7.67. The molecule has 92 valence electrons. The van der Waals surface area contributed by atoms with E-state index in [1.165, 1.54) is 12.8 Å². The van der Waals surface area contributed by atoms with E-state index in [0.717, 1.165) is 17.9 Å². The number of sulfonamides is 1. The fraction of sp³-hybridized carbons (Fsp3) is 0.500. The van der Waals surface area contributed by atoms with Crippen molar-refractivity contribution in [3.8, 4) is 0 Å². The molecule has 5 heteroatoms. The highest BCUT2D eigenvalue weighted by atomic mass is 32.2. The van der Waals surface area contributed by atoms with Crippen LogP contribution in [0.5, 0.6) is 0 Å². The minimum absolute atomic E-state index is 0.213. The van der Waals surface area contributed by atoms with Crippen molar-refractivity contribution in [2.45, 2.75) is 25.3 Å². The van der Waals surface area contributed by atoms with Gasteiger partial charge in [-0.2, -0.15) is 0 Å². The standard InChI is InChI=1S/C12H16N2O2S/c15-17(16)9-3-8-14(10-6-7-10)12-5-2-1-4-11(12)13-17/h1-2,4-5,10,13H,3,6-9H2. The van der Waals surface area contributed by atoms with Gasteiger partial charge in [-0.3, -0.25) is 4.72 Å². The van der Waals surface area contributed by atoms with Gasteiger partial charge in [-0.25, -0.2) is 8.42 Å². The van der Waals surface area contributed by atoms with E-state index in [9.17, 15) is 8.42 Å². The van der Waals surface area contributed by atoms with Gasteiger partial charge in [0.2, 0.25) is 10.0 Å². The molecule has 1 aliphatic carbocycles. The Morgan fingerprint density at radius 2 is 2.00 bits per heavy atom. The van der Waals surface area contributed by atoms with Crippen molar-refractivity contribution < 1.29 is 8.42 Å². The summed E-state index contributed by atoms with van der Waals surface area (Å²) < 4.78 is 26.2. The van der Waals surface area contributed by atoms with E-state index in [0.29, 0.717) is 12.5 Å². The molecule has 0 amide bonds. The number of hydrogen-bond donors (Lipinski definition) is 1. The third kappa shape index (κ3) is 2.24. The van der Waals surface area contributed by atoms with E-state index in [1.807, 2.05) is 24.3 Å². The molecule has 3 rings (SSSR count). The van der Waals surface area contributed by atoms with Gasteiger partial charge in [0.25, 0.3) is 0 Å².